The van der Waals surface area contributed by atoms with E-state index in [-0.39, 0.29) is 11.4 Å². The van der Waals surface area contributed by atoms with E-state index in [1.54, 1.807) is 0 Å². The molecular formula is C25H25BrClNO4. The number of carbonyl (C=O) groups is 1. The highest BCUT2D eigenvalue weighted by Crippen LogP contribution is 2.57. The number of esters is 1. The van der Waals surface area contributed by atoms with Crippen molar-refractivity contribution in [1.82, 2.24) is 0 Å². The van der Waals surface area contributed by atoms with E-state index in [0.717, 1.165) is 46.5 Å². The molecule has 2 aliphatic carbocycles. The summed E-state index contributed by atoms with van der Waals surface area (Å²) in [6, 6.07) is 11.7. The molecule has 7 heteroatoms. The largest absolute Gasteiger partial charge is 0.490 e. The fraction of sp³-hybridized carbons (Fsp3) is 0.400. The van der Waals surface area contributed by atoms with Crippen molar-refractivity contribution in [3.8, 4) is 11.5 Å². The van der Waals surface area contributed by atoms with Crippen LogP contribution in [0.2, 0.25) is 5.02 Å². The number of anilines is 1. The molecule has 2 aromatic rings. The second-order valence-corrected chi connectivity index (χ2v) is 10.0. The molecule has 5 nitrogen and oxygen atoms in total. The van der Waals surface area contributed by atoms with Gasteiger partial charge in [-0.2, -0.15) is 0 Å². The van der Waals surface area contributed by atoms with Gasteiger partial charge in [0.05, 0.1) is 20.3 Å². The number of hydrogen-bond donors (Lipinski definition) is 1. The minimum atomic E-state index is -0.800. The first-order chi connectivity index (χ1) is 15.5. The van der Waals surface area contributed by atoms with E-state index >= 15 is 0 Å². The quantitative estimate of drug-likeness (QED) is 0.499. The molecule has 1 aliphatic heterocycles. The van der Waals surface area contributed by atoms with Gasteiger partial charge in [-0.3, -0.25) is 0 Å². The predicted octanol–water partition coefficient (Wildman–Crippen LogP) is 6.09. The monoisotopic (exact) mass is 517 g/mol. The summed E-state index contributed by atoms with van der Waals surface area (Å²) in [4.78, 5) is 13.0. The van der Waals surface area contributed by atoms with E-state index in [4.69, 9.17) is 25.8 Å². The second-order valence-electron chi connectivity index (χ2n) is 8.72. The Morgan fingerprint density at radius 1 is 1.09 bits per heavy atom. The number of nitrogens with one attached hydrogen (secondary N) is 1. The molecular weight excluding hydrogens is 494 g/mol. The first kappa shape index (κ1) is 21.7. The molecule has 1 spiro atoms. The van der Waals surface area contributed by atoms with Gasteiger partial charge in [-0.1, -0.05) is 33.6 Å². The molecule has 1 N–H and O–H groups in total. The Morgan fingerprint density at radius 3 is 2.50 bits per heavy atom. The number of allylic oxidation sites excluding steroid dienone is 1. The van der Waals surface area contributed by atoms with Gasteiger partial charge in [0.2, 0.25) is 0 Å². The summed E-state index contributed by atoms with van der Waals surface area (Å²) in [6.07, 6.45) is 5.89. The maximum atomic E-state index is 13.0. The van der Waals surface area contributed by atoms with Crippen molar-refractivity contribution in [2.45, 2.75) is 43.1 Å². The second kappa shape index (κ2) is 8.31. The van der Waals surface area contributed by atoms with E-state index in [9.17, 15) is 4.79 Å². The lowest BCUT2D eigenvalue weighted by Crippen LogP contribution is -2.52. The zero-order chi connectivity index (χ0) is 22.3. The number of halogens is 2. The minimum Gasteiger partial charge on any atom is -0.490 e. The highest BCUT2D eigenvalue weighted by atomic mass is 79.9. The molecule has 32 heavy (non-hydrogen) atoms. The maximum Gasteiger partial charge on any atom is 0.331 e. The van der Waals surface area contributed by atoms with Crippen molar-refractivity contribution in [1.29, 1.82) is 0 Å². The predicted molar refractivity (Wildman–Crippen MR) is 129 cm³/mol. The average Bonchev–Trinajstić information content (AvgIpc) is 2.93. The van der Waals surface area contributed by atoms with Gasteiger partial charge in [0.15, 0.2) is 11.5 Å². The van der Waals surface area contributed by atoms with E-state index in [1.807, 2.05) is 24.3 Å². The summed E-state index contributed by atoms with van der Waals surface area (Å²) in [7, 11) is 1.45. The van der Waals surface area contributed by atoms with Crippen molar-refractivity contribution >= 4 is 45.3 Å². The lowest BCUT2D eigenvalue weighted by Gasteiger charge is -2.45. The molecule has 1 heterocycles. The third kappa shape index (κ3) is 3.57. The molecule has 3 aliphatic rings. The van der Waals surface area contributed by atoms with Crippen LogP contribution >= 0.6 is 27.5 Å². The minimum absolute atomic E-state index is 0.187. The molecule has 0 atom stereocenters. The number of hydrogen-bond acceptors (Lipinski definition) is 5. The third-order valence-electron chi connectivity index (χ3n) is 6.92. The van der Waals surface area contributed by atoms with Gasteiger partial charge < -0.3 is 19.5 Å². The van der Waals surface area contributed by atoms with Gasteiger partial charge in [0.1, 0.15) is 5.54 Å². The Kier molecular flexibility index (Phi) is 5.62. The highest BCUT2D eigenvalue weighted by molar-refractivity contribution is 9.11. The van der Waals surface area contributed by atoms with Crippen LogP contribution in [0.5, 0.6) is 11.5 Å². The Hall–Kier alpha value is -2.18. The van der Waals surface area contributed by atoms with Crippen LogP contribution in [0.3, 0.4) is 0 Å². The first-order valence-electron chi connectivity index (χ1n) is 10.9. The summed E-state index contributed by atoms with van der Waals surface area (Å²) in [6.45, 7) is 1.32. The third-order valence-corrected chi connectivity index (χ3v) is 8.14. The summed E-state index contributed by atoms with van der Waals surface area (Å²) in [5, 5.41) is 4.08. The Morgan fingerprint density at radius 2 is 1.81 bits per heavy atom. The van der Waals surface area contributed by atoms with E-state index in [0.29, 0.717) is 31.1 Å². The van der Waals surface area contributed by atoms with E-state index in [1.165, 1.54) is 12.7 Å². The summed E-state index contributed by atoms with van der Waals surface area (Å²) in [5.74, 6) is 1.36. The van der Waals surface area contributed by atoms with Gasteiger partial charge >= 0.3 is 5.97 Å². The Labute approximate surface area is 201 Å². The SMILES string of the molecule is COC(=O)C1(Nc2cccc(Cl)c2)CCC2(CC1)C(Br)=Cc1cc3c(cc12)OCCCO3. The molecule has 0 aromatic heterocycles. The fourth-order valence-corrected chi connectivity index (χ4v) is 6.24. The summed E-state index contributed by atoms with van der Waals surface area (Å²) < 4.78 is 18.2. The number of rotatable bonds is 3. The zero-order valence-corrected chi connectivity index (χ0v) is 20.2. The van der Waals surface area contributed by atoms with Crippen molar-refractivity contribution in [2.75, 3.05) is 25.6 Å². The van der Waals surface area contributed by atoms with Gasteiger partial charge in [0.25, 0.3) is 0 Å². The Balaban J connectivity index is 1.47. The summed E-state index contributed by atoms with van der Waals surface area (Å²) in [5.41, 5.74) is 2.21. The highest BCUT2D eigenvalue weighted by Gasteiger charge is 2.52. The van der Waals surface area contributed by atoms with Crippen molar-refractivity contribution in [3.63, 3.8) is 0 Å². The smallest absolute Gasteiger partial charge is 0.331 e. The molecule has 0 unspecified atom stereocenters. The zero-order valence-electron chi connectivity index (χ0n) is 17.9. The molecule has 5 rings (SSSR count). The summed E-state index contributed by atoms with van der Waals surface area (Å²) >= 11 is 10.0. The van der Waals surface area contributed by atoms with Gasteiger partial charge in [0, 0.05) is 27.0 Å². The molecule has 168 valence electrons. The molecule has 0 amide bonds. The van der Waals surface area contributed by atoms with Crippen LogP contribution < -0.4 is 14.8 Å². The van der Waals surface area contributed by atoms with Crippen LogP contribution in [0.1, 0.15) is 43.2 Å². The van der Waals surface area contributed by atoms with Gasteiger partial charge in [-0.15, -0.1) is 0 Å². The number of methoxy groups -OCH3 is 1. The molecule has 1 fully saturated rings. The first-order valence-corrected chi connectivity index (χ1v) is 12.1. The van der Waals surface area contributed by atoms with Crippen LogP contribution in [-0.4, -0.2) is 31.8 Å². The number of ether oxygens (including phenoxy) is 3. The number of fused-ring (bicyclic) bond motifs is 3. The maximum absolute atomic E-state index is 13.0. The number of carbonyl (C=O) groups excluding carboxylic acids is 1. The van der Waals surface area contributed by atoms with Crippen LogP contribution in [0.15, 0.2) is 40.9 Å². The van der Waals surface area contributed by atoms with Gasteiger partial charge in [-0.05, 0) is 73.2 Å². The molecule has 0 bridgehead atoms. The molecule has 2 aromatic carbocycles. The van der Waals surface area contributed by atoms with E-state index < -0.39 is 5.54 Å². The van der Waals surface area contributed by atoms with Crippen LogP contribution in [0, 0.1) is 0 Å². The topological polar surface area (TPSA) is 56.8 Å². The van der Waals surface area contributed by atoms with E-state index in [2.05, 4.69) is 39.5 Å². The standard InChI is InChI=1S/C25H25BrClNO4/c1-30-23(29)25(28-18-5-2-4-17(27)14-18)8-6-24(7-9-25)19-15-21-20(31-10-3-11-32-21)12-16(19)13-22(24)26/h2,4-5,12-15,28H,3,6-11H2,1H3. The van der Waals surface area contributed by atoms with Crippen LogP contribution in [0.4, 0.5) is 5.69 Å². The van der Waals surface area contributed by atoms with Crippen molar-refractivity contribution in [3.05, 3.63) is 57.0 Å². The van der Waals surface area contributed by atoms with Crippen molar-refractivity contribution < 1.29 is 19.0 Å². The average molecular weight is 519 g/mol. The van der Waals surface area contributed by atoms with Gasteiger partial charge in [-0.25, -0.2) is 4.79 Å². The lowest BCUT2D eigenvalue weighted by atomic mass is 9.65. The molecule has 0 radical (unpaired) electrons. The van der Waals surface area contributed by atoms with Crippen molar-refractivity contribution in [2.24, 2.45) is 0 Å². The molecule has 1 saturated carbocycles. The molecule has 0 saturated heterocycles. The Bertz CT molecular complexity index is 1090. The fourth-order valence-electron chi connectivity index (χ4n) is 5.19. The lowest BCUT2D eigenvalue weighted by molar-refractivity contribution is -0.147. The normalized spacial score (nSPS) is 26.2. The van der Waals surface area contributed by atoms with Crippen LogP contribution in [0.25, 0.3) is 6.08 Å². The number of benzene rings is 2. The van der Waals surface area contributed by atoms with Crippen LogP contribution in [-0.2, 0) is 14.9 Å².